The van der Waals surface area contributed by atoms with Gasteiger partial charge in [-0.3, -0.25) is 9.59 Å². The summed E-state index contributed by atoms with van der Waals surface area (Å²) < 4.78 is 10.5. The first-order valence-electron chi connectivity index (χ1n) is 13.2. The maximum atomic E-state index is 13.3. The zero-order chi connectivity index (χ0) is 27.4. The Kier molecular flexibility index (Phi) is 8.13. The van der Waals surface area contributed by atoms with Crippen molar-refractivity contribution >= 4 is 34.9 Å². The number of hydrogen-bond donors (Lipinski definition) is 1. The van der Waals surface area contributed by atoms with E-state index in [1.54, 1.807) is 44.7 Å². The number of ether oxygens (including phenoxy) is 2. The van der Waals surface area contributed by atoms with Crippen molar-refractivity contribution < 1.29 is 28.7 Å². The normalized spacial score (nSPS) is 16.8. The highest BCUT2D eigenvalue weighted by Crippen LogP contribution is 2.21. The lowest BCUT2D eigenvalue weighted by Crippen LogP contribution is -2.50. The van der Waals surface area contributed by atoms with Gasteiger partial charge in [0.25, 0.3) is 11.8 Å². The van der Waals surface area contributed by atoms with Crippen LogP contribution >= 0.6 is 0 Å². The van der Waals surface area contributed by atoms with Crippen LogP contribution in [0.25, 0.3) is 10.9 Å². The highest BCUT2D eigenvalue weighted by Gasteiger charge is 2.28. The maximum absolute atomic E-state index is 13.3. The van der Waals surface area contributed by atoms with Gasteiger partial charge in [0.1, 0.15) is 11.3 Å². The van der Waals surface area contributed by atoms with Gasteiger partial charge in [0.15, 0.2) is 0 Å². The molecule has 0 radical (unpaired) electrons. The Morgan fingerprint density at radius 2 is 1.37 bits per heavy atom. The summed E-state index contributed by atoms with van der Waals surface area (Å²) in [7, 11) is 0. The number of nitrogens with zero attached hydrogens (tertiary/aromatic N) is 4. The molecule has 4 rings (SSSR count). The molecular weight excluding hydrogens is 490 g/mol. The van der Waals surface area contributed by atoms with Gasteiger partial charge < -0.3 is 34.1 Å². The number of piperazine rings is 1. The van der Waals surface area contributed by atoms with E-state index in [0.29, 0.717) is 76.6 Å². The average molecular weight is 528 g/mol. The second-order valence-corrected chi connectivity index (χ2v) is 10.6. The number of hydrogen-bond acceptors (Lipinski definition) is 6. The number of nitrogens with one attached hydrogen (secondary N) is 1. The van der Waals surface area contributed by atoms with E-state index < -0.39 is 5.60 Å². The van der Waals surface area contributed by atoms with Crippen LogP contribution in [0.2, 0.25) is 0 Å². The van der Waals surface area contributed by atoms with Crippen molar-refractivity contribution in [3.63, 3.8) is 0 Å². The lowest BCUT2D eigenvalue weighted by molar-refractivity contribution is 0.0255. The van der Waals surface area contributed by atoms with E-state index in [9.17, 15) is 19.2 Å². The molecule has 0 unspecified atom stereocenters. The lowest BCUT2D eigenvalue weighted by atomic mass is 10.1. The summed E-state index contributed by atoms with van der Waals surface area (Å²) in [6.45, 7) is 11.2. The molecule has 0 spiro atoms. The summed E-state index contributed by atoms with van der Waals surface area (Å²) in [6, 6.07) is 7.12. The first kappa shape index (κ1) is 27.3. The molecule has 3 heterocycles. The van der Waals surface area contributed by atoms with E-state index in [4.69, 9.17) is 9.47 Å². The Labute approximate surface area is 222 Å². The Hall–Kier alpha value is -3.76. The Morgan fingerprint density at radius 1 is 0.789 bits per heavy atom. The molecule has 1 aromatic heterocycles. The standard InChI is InChI=1S/C27H37N5O6/c1-5-37-25(35)32-15-12-30(13-16-32)24(34)22-18-20-17-19(7-8-21(20)28-22)23(33)29-9-6-10-31(14-11-29)26(36)38-27(2,3)4/h7-8,17-18,28H,5-6,9-16H2,1-4H3. The third kappa shape index (κ3) is 6.38. The molecule has 1 N–H and O–H groups in total. The molecule has 0 bridgehead atoms. The van der Waals surface area contributed by atoms with Crippen molar-refractivity contribution in [1.82, 2.24) is 24.6 Å². The van der Waals surface area contributed by atoms with Crippen LogP contribution in [0.3, 0.4) is 0 Å². The predicted octanol–water partition coefficient (Wildman–Crippen LogP) is 3.17. The van der Waals surface area contributed by atoms with Gasteiger partial charge in [-0.05, 0) is 58.4 Å². The SMILES string of the molecule is CCOC(=O)N1CCN(C(=O)c2cc3cc(C(=O)N4CCCN(C(=O)OC(C)(C)C)CC4)ccc3[nH]2)CC1. The highest BCUT2D eigenvalue weighted by molar-refractivity contribution is 6.01. The van der Waals surface area contributed by atoms with Gasteiger partial charge in [-0.2, -0.15) is 0 Å². The molecule has 206 valence electrons. The van der Waals surface area contributed by atoms with Gasteiger partial charge in [-0.25, -0.2) is 9.59 Å². The van der Waals surface area contributed by atoms with Crippen LogP contribution in [0.15, 0.2) is 24.3 Å². The Balaban J connectivity index is 1.38. The number of fused-ring (bicyclic) bond motifs is 1. The molecule has 11 heteroatoms. The molecule has 4 amide bonds. The van der Waals surface area contributed by atoms with E-state index in [-0.39, 0.29) is 24.0 Å². The van der Waals surface area contributed by atoms with Gasteiger partial charge in [-0.1, -0.05) is 0 Å². The summed E-state index contributed by atoms with van der Waals surface area (Å²) in [4.78, 5) is 60.6. The molecule has 2 fully saturated rings. The molecule has 0 aliphatic carbocycles. The number of benzene rings is 1. The molecule has 1 aromatic carbocycles. The van der Waals surface area contributed by atoms with Gasteiger partial charge >= 0.3 is 12.2 Å². The van der Waals surface area contributed by atoms with Gasteiger partial charge in [0.2, 0.25) is 0 Å². The second kappa shape index (κ2) is 11.3. The van der Waals surface area contributed by atoms with Gasteiger partial charge in [0, 0.05) is 68.8 Å². The minimum absolute atomic E-state index is 0.109. The monoisotopic (exact) mass is 527 g/mol. The molecule has 2 aromatic rings. The number of aromatic nitrogens is 1. The number of aromatic amines is 1. The number of rotatable bonds is 3. The maximum Gasteiger partial charge on any atom is 0.410 e. The summed E-state index contributed by atoms with van der Waals surface area (Å²) in [5.74, 6) is -0.255. The molecule has 0 saturated carbocycles. The predicted molar refractivity (Wildman–Crippen MR) is 141 cm³/mol. The fraction of sp³-hybridized carbons (Fsp3) is 0.556. The average Bonchev–Trinajstić information content (AvgIpc) is 3.15. The van der Waals surface area contributed by atoms with Gasteiger partial charge in [-0.15, -0.1) is 0 Å². The number of H-pyrrole nitrogens is 1. The Bertz CT molecular complexity index is 1190. The number of carbonyl (C=O) groups is 4. The molecule has 2 saturated heterocycles. The molecule has 0 atom stereocenters. The van der Waals surface area contributed by atoms with E-state index >= 15 is 0 Å². The van der Waals surface area contributed by atoms with Crippen molar-refractivity contribution in [3.8, 4) is 0 Å². The number of carbonyl (C=O) groups excluding carboxylic acids is 4. The van der Waals surface area contributed by atoms with Gasteiger partial charge in [0.05, 0.1) is 6.61 Å². The minimum atomic E-state index is -0.567. The molecule has 2 aliphatic rings. The minimum Gasteiger partial charge on any atom is -0.450 e. The lowest BCUT2D eigenvalue weighted by Gasteiger charge is -2.33. The molecule has 2 aliphatic heterocycles. The molecule has 38 heavy (non-hydrogen) atoms. The van der Waals surface area contributed by atoms with Crippen LogP contribution in [-0.2, 0) is 9.47 Å². The zero-order valence-corrected chi connectivity index (χ0v) is 22.6. The largest absolute Gasteiger partial charge is 0.450 e. The first-order valence-corrected chi connectivity index (χ1v) is 13.2. The van der Waals surface area contributed by atoms with Crippen LogP contribution in [0, 0.1) is 0 Å². The summed E-state index contributed by atoms with van der Waals surface area (Å²) in [5.41, 5.74) is 1.17. The molecular formula is C27H37N5O6. The van der Waals surface area contributed by atoms with Crippen LogP contribution in [-0.4, -0.2) is 113 Å². The fourth-order valence-electron chi connectivity index (χ4n) is 4.67. The van der Waals surface area contributed by atoms with Crippen LogP contribution in [0.4, 0.5) is 9.59 Å². The van der Waals surface area contributed by atoms with Crippen molar-refractivity contribution in [2.75, 3.05) is 59.0 Å². The van der Waals surface area contributed by atoms with Crippen LogP contribution in [0.1, 0.15) is 55.0 Å². The third-order valence-corrected chi connectivity index (χ3v) is 6.63. The van der Waals surface area contributed by atoms with E-state index in [1.165, 1.54) is 0 Å². The number of amides is 4. The van der Waals surface area contributed by atoms with Crippen molar-refractivity contribution in [3.05, 3.63) is 35.5 Å². The van der Waals surface area contributed by atoms with Crippen molar-refractivity contribution in [1.29, 1.82) is 0 Å². The molecule has 11 nitrogen and oxygen atoms in total. The third-order valence-electron chi connectivity index (χ3n) is 6.63. The van der Waals surface area contributed by atoms with E-state index in [2.05, 4.69) is 4.98 Å². The summed E-state index contributed by atoms with van der Waals surface area (Å²) in [5, 5.41) is 0.773. The Morgan fingerprint density at radius 3 is 2.00 bits per heavy atom. The summed E-state index contributed by atoms with van der Waals surface area (Å²) >= 11 is 0. The summed E-state index contributed by atoms with van der Waals surface area (Å²) in [6.07, 6.45) is -0.0520. The zero-order valence-electron chi connectivity index (χ0n) is 22.6. The second-order valence-electron chi connectivity index (χ2n) is 10.6. The van der Waals surface area contributed by atoms with Crippen LogP contribution < -0.4 is 0 Å². The topological polar surface area (TPSA) is 115 Å². The highest BCUT2D eigenvalue weighted by atomic mass is 16.6. The fourth-order valence-corrected chi connectivity index (χ4v) is 4.67. The van der Waals surface area contributed by atoms with E-state index in [0.717, 1.165) is 10.9 Å². The van der Waals surface area contributed by atoms with E-state index in [1.807, 2.05) is 26.8 Å². The van der Waals surface area contributed by atoms with Crippen molar-refractivity contribution in [2.45, 2.75) is 39.7 Å². The first-order chi connectivity index (χ1) is 18.1. The quantitative estimate of drug-likeness (QED) is 0.656. The smallest absolute Gasteiger partial charge is 0.410 e. The van der Waals surface area contributed by atoms with Crippen molar-refractivity contribution in [2.24, 2.45) is 0 Å². The van der Waals surface area contributed by atoms with Crippen LogP contribution in [0.5, 0.6) is 0 Å².